The second-order valence-corrected chi connectivity index (χ2v) is 8.69. The molecule has 6 heteroatoms. The van der Waals surface area contributed by atoms with Gasteiger partial charge in [-0.1, -0.05) is 66.2 Å². The van der Waals surface area contributed by atoms with E-state index in [1.54, 1.807) is 30.3 Å². The number of anilines is 2. The molecule has 0 radical (unpaired) electrons. The van der Waals surface area contributed by atoms with Gasteiger partial charge in [-0.05, 0) is 43.2 Å². The van der Waals surface area contributed by atoms with Crippen LogP contribution < -0.4 is 4.90 Å². The summed E-state index contributed by atoms with van der Waals surface area (Å²) in [4.78, 5) is 20.3. The van der Waals surface area contributed by atoms with Gasteiger partial charge in [0.1, 0.15) is 5.82 Å². The van der Waals surface area contributed by atoms with Gasteiger partial charge in [0, 0.05) is 21.9 Å². The summed E-state index contributed by atoms with van der Waals surface area (Å²) in [5.74, 6) is -0.665. The summed E-state index contributed by atoms with van der Waals surface area (Å²) in [7, 11) is 0. The highest BCUT2D eigenvalue weighted by molar-refractivity contribution is 7.16. The summed E-state index contributed by atoms with van der Waals surface area (Å²) >= 11 is 7.38. The van der Waals surface area contributed by atoms with Crippen molar-refractivity contribution in [1.29, 1.82) is 0 Å². The van der Waals surface area contributed by atoms with Crippen molar-refractivity contribution >= 4 is 39.7 Å². The molecular weight excluding hydrogens is 431 g/mol. The molecule has 1 aromatic heterocycles. The highest BCUT2D eigenvalue weighted by Crippen LogP contribution is 2.37. The molecule has 1 heterocycles. The van der Waals surface area contributed by atoms with Gasteiger partial charge in [-0.3, -0.25) is 9.69 Å². The molecule has 0 aliphatic rings. The van der Waals surface area contributed by atoms with E-state index in [4.69, 9.17) is 16.6 Å². The van der Waals surface area contributed by atoms with Crippen molar-refractivity contribution in [2.75, 3.05) is 4.90 Å². The van der Waals surface area contributed by atoms with Crippen LogP contribution in [0.4, 0.5) is 15.2 Å². The van der Waals surface area contributed by atoms with Gasteiger partial charge in [0.05, 0.1) is 11.4 Å². The summed E-state index contributed by atoms with van der Waals surface area (Å²) in [6.07, 6.45) is 0.812. The Kier molecular flexibility index (Phi) is 6.44. The molecule has 0 saturated heterocycles. The number of hydrogen-bond donors (Lipinski definition) is 0. The Hall–Kier alpha value is -3.02. The van der Waals surface area contributed by atoms with Crippen molar-refractivity contribution < 1.29 is 9.18 Å². The number of aryl methyl sites for hydroxylation is 2. The van der Waals surface area contributed by atoms with E-state index in [1.165, 1.54) is 22.3 Å². The maximum atomic E-state index is 14.7. The smallest absolute Gasteiger partial charge is 0.233 e. The Morgan fingerprint density at radius 3 is 2.39 bits per heavy atom. The number of para-hydroxylation sites is 1. The number of hydrogen-bond acceptors (Lipinski definition) is 3. The van der Waals surface area contributed by atoms with Crippen LogP contribution >= 0.6 is 22.9 Å². The molecule has 3 aromatic carbocycles. The zero-order valence-electron chi connectivity index (χ0n) is 16.9. The van der Waals surface area contributed by atoms with Crippen LogP contribution in [0, 0.1) is 12.7 Å². The molecule has 0 unspecified atom stereocenters. The number of thiazole rings is 1. The van der Waals surface area contributed by atoms with Crippen LogP contribution in [0.2, 0.25) is 5.02 Å². The summed E-state index contributed by atoms with van der Waals surface area (Å²) < 4.78 is 14.7. The van der Waals surface area contributed by atoms with Gasteiger partial charge in [-0.15, -0.1) is 11.3 Å². The SMILES string of the molecule is Cc1sc(N(C(=O)CCc2ccccc2)c2ccccc2F)nc1-c1ccc(Cl)cc1. The second-order valence-electron chi connectivity index (χ2n) is 7.07. The normalized spacial score (nSPS) is 10.8. The van der Waals surface area contributed by atoms with Gasteiger partial charge in [-0.2, -0.15) is 0 Å². The minimum atomic E-state index is -0.462. The Morgan fingerprint density at radius 2 is 1.68 bits per heavy atom. The molecule has 4 aromatic rings. The molecule has 0 bridgehead atoms. The topological polar surface area (TPSA) is 33.2 Å². The predicted octanol–water partition coefficient (Wildman–Crippen LogP) is 7.21. The van der Waals surface area contributed by atoms with Crippen molar-refractivity contribution in [1.82, 2.24) is 4.98 Å². The number of benzene rings is 3. The first-order valence-corrected chi connectivity index (χ1v) is 11.1. The standard InChI is InChI=1S/C25H20ClFN2OS/c1-17-24(19-12-14-20(26)15-13-19)28-25(31-17)29(22-10-6-5-9-21(22)27)23(30)16-11-18-7-3-2-4-8-18/h2-10,12-15H,11,16H2,1H3. The number of aromatic nitrogens is 1. The maximum Gasteiger partial charge on any atom is 0.233 e. The predicted molar refractivity (Wildman–Crippen MR) is 126 cm³/mol. The van der Waals surface area contributed by atoms with Crippen LogP contribution in [-0.2, 0) is 11.2 Å². The highest BCUT2D eigenvalue weighted by Gasteiger charge is 2.25. The number of nitrogens with zero attached hydrogens (tertiary/aromatic N) is 2. The van der Waals surface area contributed by atoms with E-state index in [1.807, 2.05) is 49.4 Å². The summed E-state index contributed by atoms with van der Waals surface area (Å²) in [5.41, 5.74) is 2.92. The van der Waals surface area contributed by atoms with E-state index in [9.17, 15) is 9.18 Å². The third-order valence-electron chi connectivity index (χ3n) is 4.91. The first-order chi connectivity index (χ1) is 15.0. The van der Waals surface area contributed by atoms with Crippen LogP contribution in [0.5, 0.6) is 0 Å². The summed E-state index contributed by atoms with van der Waals surface area (Å²) in [6, 6.07) is 23.4. The van der Waals surface area contributed by atoms with Crippen LogP contribution in [0.1, 0.15) is 16.9 Å². The molecule has 0 N–H and O–H groups in total. The van der Waals surface area contributed by atoms with Gasteiger partial charge < -0.3 is 0 Å². The number of amides is 1. The highest BCUT2D eigenvalue weighted by atomic mass is 35.5. The van der Waals surface area contributed by atoms with E-state index in [2.05, 4.69) is 0 Å². The first kappa shape index (κ1) is 21.2. The third-order valence-corrected chi connectivity index (χ3v) is 6.12. The van der Waals surface area contributed by atoms with E-state index in [-0.39, 0.29) is 18.0 Å². The molecule has 0 aliphatic carbocycles. The summed E-state index contributed by atoms with van der Waals surface area (Å²) in [6.45, 7) is 1.94. The number of halogens is 2. The molecule has 0 atom stereocenters. The number of rotatable bonds is 6. The van der Waals surface area contributed by atoms with Crippen molar-refractivity contribution in [3.63, 3.8) is 0 Å². The minimum Gasteiger partial charge on any atom is -0.274 e. The Morgan fingerprint density at radius 1 is 1.00 bits per heavy atom. The molecule has 31 heavy (non-hydrogen) atoms. The van der Waals surface area contributed by atoms with Crippen molar-refractivity contribution in [2.45, 2.75) is 19.8 Å². The van der Waals surface area contributed by atoms with Gasteiger partial charge in [0.15, 0.2) is 5.13 Å². The largest absolute Gasteiger partial charge is 0.274 e. The van der Waals surface area contributed by atoms with E-state index in [0.29, 0.717) is 16.6 Å². The fraction of sp³-hybridized carbons (Fsp3) is 0.120. The Labute approximate surface area is 189 Å². The van der Waals surface area contributed by atoms with Crippen molar-refractivity contribution in [3.05, 3.63) is 100 Å². The Balaban J connectivity index is 1.69. The first-order valence-electron chi connectivity index (χ1n) is 9.87. The van der Waals surface area contributed by atoms with E-state index in [0.717, 1.165) is 21.7 Å². The minimum absolute atomic E-state index is 0.203. The van der Waals surface area contributed by atoms with Crippen molar-refractivity contribution in [2.24, 2.45) is 0 Å². The molecule has 0 spiro atoms. The lowest BCUT2D eigenvalue weighted by Gasteiger charge is -2.20. The van der Waals surface area contributed by atoms with Gasteiger partial charge in [0.2, 0.25) is 5.91 Å². The lowest BCUT2D eigenvalue weighted by atomic mass is 10.1. The lowest BCUT2D eigenvalue weighted by molar-refractivity contribution is -0.117. The second kappa shape index (κ2) is 9.41. The lowest BCUT2D eigenvalue weighted by Crippen LogP contribution is -2.27. The van der Waals surface area contributed by atoms with E-state index < -0.39 is 5.82 Å². The Bertz CT molecular complexity index is 1190. The van der Waals surface area contributed by atoms with Crippen LogP contribution in [-0.4, -0.2) is 10.9 Å². The monoisotopic (exact) mass is 450 g/mol. The summed E-state index contributed by atoms with van der Waals surface area (Å²) in [5, 5.41) is 1.09. The van der Waals surface area contributed by atoms with E-state index >= 15 is 0 Å². The number of carbonyl (C=O) groups is 1. The molecule has 156 valence electrons. The molecule has 0 saturated carbocycles. The molecule has 4 rings (SSSR count). The zero-order chi connectivity index (χ0) is 21.8. The van der Waals surface area contributed by atoms with Crippen LogP contribution in [0.15, 0.2) is 78.9 Å². The maximum absolute atomic E-state index is 14.7. The zero-order valence-corrected chi connectivity index (χ0v) is 18.5. The van der Waals surface area contributed by atoms with Crippen LogP contribution in [0.3, 0.4) is 0 Å². The number of carbonyl (C=O) groups excluding carboxylic acids is 1. The van der Waals surface area contributed by atoms with Gasteiger partial charge in [-0.25, -0.2) is 9.37 Å². The molecule has 3 nitrogen and oxygen atoms in total. The fourth-order valence-corrected chi connectivity index (χ4v) is 4.43. The average Bonchev–Trinajstić information content (AvgIpc) is 3.16. The van der Waals surface area contributed by atoms with Crippen LogP contribution in [0.25, 0.3) is 11.3 Å². The van der Waals surface area contributed by atoms with Gasteiger partial charge >= 0.3 is 0 Å². The molecular formula is C25H20ClFN2OS. The molecule has 0 fully saturated rings. The van der Waals surface area contributed by atoms with Gasteiger partial charge in [0.25, 0.3) is 0 Å². The fourth-order valence-electron chi connectivity index (χ4n) is 3.34. The quantitative estimate of drug-likeness (QED) is 0.311. The average molecular weight is 451 g/mol. The van der Waals surface area contributed by atoms with Crippen molar-refractivity contribution in [3.8, 4) is 11.3 Å². The molecule has 1 amide bonds. The molecule has 0 aliphatic heterocycles. The third kappa shape index (κ3) is 4.84.